The lowest BCUT2D eigenvalue weighted by Gasteiger charge is -2.16. The molecule has 11 heavy (non-hydrogen) atoms. The summed E-state index contributed by atoms with van der Waals surface area (Å²) < 4.78 is -0.0860. The van der Waals surface area contributed by atoms with Crippen molar-refractivity contribution in [1.82, 2.24) is 4.90 Å². The molecule has 0 amide bonds. The van der Waals surface area contributed by atoms with Crippen LogP contribution in [0.15, 0.2) is 0 Å². The van der Waals surface area contributed by atoms with Gasteiger partial charge in [-0.2, -0.15) is 0 Å². The standard InChI is InChI=1S/C7H15NOS2/c1-3-8(4-2)5-6-11-7(9)10/h3-6H2,1-2H3,(H,9,10). The fourth-order valence-corrected chi connectivity index (χ4v) is 1.60. The third-order valence-corrected chi connectivity index (χ3v) is 2.55. The van der Waals surface area contributed by atoms with E-state index in [1.165, 1.54) is 11.8 Å². The van der Waals surface area contributed by atoms with Crippen molar-refractivity contribution < 1.29 is 4.79 Å². The van der Waals surface area contributed by atoms with Crippen LogP contribution in [0.1, 0.15) is 13.8 Å². The molecule has 0 saturated heterocycles. The highest BCUT2D eigenvalue weighted by molar-refractivity contribution is 8.32. The Balaban J connectivity index is 3.28. The molecule has 0 fully saturated rings. The smallest absolute Gasteiger partial charge is 0.243 e. The number of hydrogen-bond acceptors (Lipinski definition) is 3. The Hall–Kier alpha value is 0.330. The van der Waals surface area contributed by atoms with Crippen molar-refractivity contribution in [3.8, 4) is 0 Å². The second-order valence-corrected chi connectivity index (χ2v) is 3.92. The van der Waals surface area contributed by atoms with E-state index in [1.54, 1.807) is 0 Å². The van der Waals surface area contributed by atoms with Crippen molar-refractivity contribution in [2.75, 3.05) is 25.4 Å². The second kappa shape index (κ2) is 7.00. The lowest BCUT2D eigenvalue weighted by atomic mass is 10.5. The van der Waals surface area contributed by atoms with Crippen LogP contribution >= 0.6 is 24.4 Å². The van der Waals surface area contributed by atoms with Gasteiger partial charge >= 0.3 is 0 Å². The monoisotopic (exact) mass is 193 g/mol. The van der Waals surface area contributed by atoms with E-state index in [2.05, 4.69) is 31.4 Å². The summed E-state index contributed by atoms with van der Waals surface area (Å²) in [4.78, 5) is 12.7. The third kappa shape index (κ3) is 6.72. The number of thiol groups is 1. The molecule has 0 saturated carbocycles. The summed E-state index contributed by atoms with van der Waals surface area (Å²) in [5.74, 6) is 0.851. The summed E-state index contributed by atoms with van der Waals surface area (Å²) in [6.07, 6.45) is 0. The minimum Gasteiger partial charge on any atom is -0.303 e. The first-order valence-corrected chi connectivity index (χ1v) is 5.22. The highest BCUT2D eigenvalue weighted by Crippen LogP contribution is 2.06. The van der Waals surface area contributed by atoms with E-state index in [-0.39, 0.29) is 4.45 Å². The van der Waals surface area contributed by atoms with Gasteiger partial charge in [0, 0.05) is 12.3 Å². The average Bonchev–Trinajstić information content (AvgIpc) is 1.98. The minimum absolute atomic E-state index is 0.0860. The fourth-order valence-electron chi connectivity index (χ4n) is 0.802. The number of nitrogens with zero attached hydrogens (tertiary/aromatic N) is 1. The Kier molecular flexibility index (Phi) is 7.22. The van der Waals surface area contributed by atoms with Gasteiger partial charge in [-0.3, -0.25) is 4.79 Å². The van der Waals surface area contributed by atoms with Crippen molar-refractivity contribution in [3.63, 3.8) is 0 Å². The molecule has 0 rings (SSSR count). The van der Waals surface area contributed by atoms with Gasteiger partial charge in [-0.15, -0.1) is 0 Å². The molecule has 0 atom stereocenters. The maximum atomic E-state index is 10.4. The van der Waals surface area contributed by atoms with E-state index in [0.29, 0.717) is 0 Å². The van der Waals surface area contributed by atoms with Crippen molar-refractivity contribution in [2.24, 2.45) is 0 Å². The number of hydrogen-bond donors (Lipinski definition) is 1. The molecular weight excluding hydrogens is 178 g/mol. The maximum Gasteiger partial charge on any atom is 0.243 e. The average molecular weight is 193 g/mol. The number of carbonyl (C=O) groups excluding carboxylic acids is 1. The predicted octanol–water partition coefficient (Wildman–Crippen LogP) is 2.11. The zero-order valence-corrected chi connectivity index (χ0v) is 8.75. The molecule has 0 aliphatic rings. The topological polar surface area (TPSA) is 20.3 Å². The van der Waals surface area contributed by atoms with E-state index in [4.69, 9.17) is 0 Å². The molecule has 0 spiro atoms. The van der Waals surface area contributed by atoms with Gasteiger partial charge < -0.3 is 4.90 Å². The SMILES string of the molecule is CCN(CC)CCSC(=O)S. The van der Waals surface area contributed by atoms with Crippen LogP contribution in [0.2, 0.25) is 0 Å². The normalized spacial score (nSPS) is 10.5. The molecule has 66 valence electrons. The van der Waals surface area contributed by atoms with Crippen molar-refractivity contribution in [2.45, 2.75) is 13.8 Å². The summed E-state index contributed by atoms with van der Waals surface area (Å²) in [6, 6.07) is 0. The molecule has 0 aromatic heterocycles. The molecule has 0 radical (unpaired) electrons. The van der Waals surface area contributed by atoms with E-state index >= 15 is 0 Å². The molecule has 0 N–H and O–H groups in total. The first-order valence-electron chi connectivity index (χ1n) is 3.78. The largest absolute Gasteiger partial charge is 0.303 e. The molecule has 0 bridgehead atoms. The van der Waals surface area contributed by atoms with Crippen LogP contribution in [0.5, 0.6) is 0 Å². The summed E-state index contributed by atoms with van der Waals surface area (Å²) in [6.45, 7) is 7.33. The van der Waals surface area contributed by atoms with Crippen molar-refractivity contribution in [3.05, 3.63) is 0 Å². The lowest BCUT2D eigenvalue weighted by molar-refractivity contribution is 0.276. The molecule has 0 aliphatic heterocycles. The molecule has 0 unspecified atom stereocenters. The van der Waals surface area contributed by atoms with Gasteiger partial charge in [-0.05, 0) is 13.1 Å². The quantitative estimate of drug-likeness (QED) is 0.675. The molecule has 2 nitrogen and oxygen atoms in total. The first kappa shape index (κ1) is 11.3. The zero-order valence-electron chi connectivity index (χ0n) is 7.04. The number of rotatable bonds is 5. The summed E-state index contributed by atoms with van der Waals surface area (Å²) in [5, 5.41) is 0. The van der Waals surface area contributed by atoms with Gasteiger partial charge in [0.2, 0.25) is 4.45 Å². The van der Waals surface area contributed by atoms with Gasteiger partial charge in [0.1, 0.15) is 0 Å². The summed E-state index contributed by atoms with van der Waals surface area (Å²) >= 11 is 4.94. The maximum absolute atomic E-state index is 10.4. The van der Waals surface area contributed by atoms with Crippen LogP contribution in [-0.2, 0) is 0 Å². The Morgan fingerprint density at radius 1 is 1.45 bits per heavy atom. The lowest BCUT2D eigenvalue weighted by Crippen LogP contribution is -2.25. The van der Waals surface area contributed by atoms with Crippen molar-refractivity contribution >= 4 is 28.8 Å². The zero-order chi connectivity index (χ0) is 8.69. The second-order valence-electron chi connectivity index (χ2n) is 2.14. The van der Waals surface area contributed by atoms with Crippen LogP contribution in [0, 0.1) is 0 Å². The van der Waals surface area contributed by atoms with E-state index in [9.17, 15) is 4.79 Å². The fraction of sp³-hybridized carbons (Fsp3) is 0.857. The molecule has 4 heteroatoms. The molecular formula is C7H15NOS2. The first-order chi connectivity index (χ1) is 5.20. The molecule has 0 heterocycles. The van der Waals surface area contributed by atoms with Gasteiger partial charge in [0.05, 0.1) is 0 Å². The van der Waals surface area contributed by atoms with Crippen LogP contribution in [0.3, 0.4) is 0 Å². The Morgan fingerprint density at radius 3 is 2.36 bits per heavy atom. The van der Waals surface area contributed by atoms with E-state index < -0.39 is 0 Å². The van der Waals surface area contributed by atoms with E-state index in [1.807, 2.05) is 0 Å². The van der Waals surface area contributed by atoms with Crippen LogP contribution in [0.25, 0.3) is 0 Å². The third-order valence-electron chi connectivity index (χ3n) is 1.53. The molecule has 0 aromatic rings. The number of thioether (sulfide) groups is 1. The van der Waals surface area contributed by atoms with Gasteiger partial charge in [-0.1, -0.05) is 38.2 Å². The van der Waals surface area contributed by atoms with Crippen LogP contribution in [-0.4, -0.2) is 34.7 Å². The summed E-state index contributed by atoms with van der Waals surface area (Å²) in [7, 11) is 0. The van der Waals surface area contributed by atoms with Gasteiger partial charge in [-0.25, -0.2) is 0 Å². The highest BCUT2D eigenvalue weighted by atomic mass is 32.2. The van der Waals surface area contributed by atoms with Crippen LogP contribution in [0.4, 0.5) is 4.79 Å². The van der Waals surface area contributed by atoms with Gasteiger partial charge in [0.15, 0.2) is 0 Å². The highest BCUT2D eigenvalue weighted by Gasteiger charge is 1.99. The number of carbonyl (C=O) groups is 1. The summed E-state index contributed by atoms with van der Waals surface area (Å²) in [5.41, 5.74) is 0. The molecule has 0 aliphatic carbocycles. The minimum atomic E-state index is -0.0860. The Bertz CT molecular complexity index is 115. The van der Waals surface area contributed by atoms with Gasteiger partial charge in [0.25, 0.3) is 0 Å². The Labute approximate surface area is 78.1 Å². The predicted molar refractivity (Wildman–Crippen MR) is 54.6 cm³/mol. The molecule has 0 aromatic carbocycles. The van der Waals surface area contributed by atoms with Crippen molar-refractivity contribution in [1.29, 1.82) is 0 Å². The van der Waals surface area contributed by atoms with Crippen LogP contribution < -0.4 is 0 Å². The van der Waals surface area contributed by atoms with E-state index in [0.717, 1.165) is 25.4 Å². The Morgan fingerprint density at radius 2 is 2.00 bits per heavy atom.